The molecule has 0 aliphatic rings. The molecule has 0 unspecified atom stereocenters. The van der Waals surface area contributed by atoms with Crippen LogP contribution in [-0.4, -0.2) is 31.0 Å². The highest BCUT2D eigenvalue weighted by Gasteiger charge is 2.31. The molecule has 7 nitrogen and oxygen atoms in total. The van der Waals surface area contributed by atoms with Gasteiger partial charge in [0.1, 0.15) is 10.6 Å². The molecule has 0 fully saturated rings. The lowest BCUT2D eigenvalue weighted by molar-refractivity contribution is 0.431. The Morgan fingerprint density at radius 2 is 1.44 bits per heavy atom. The van der Waals surface area contributed by atoms with E-state index in [2.05, 4.69) is 0 Å². The largest absolute Gasteiger partial charge is 0.506 e. The number of benzene rings is 2. The topological polar surface area (TPSA) is 129 Å². The van der Waals surface area contributed by atoms with Crippen LogP contribution in [-0.2, 0) is 26.7 Å². The third-order valence-corrected chi connectivity index (χ3v) is 5.71. The van der Waals surface area contributed by atoms with Crippen LogP contribution in [0.3, 0.4) is 0 Å². The van der Waals surface area contributed by atoms with Gasteiger partial charge >= 0.3 is 0 Å². The van der Waals surface area contributed by atoms with Gasteiger partial charge in [0, 0.05) is 5.56 Å². The first-order chi connectivity index (χ1) is 11.6. The molecule has 0 atom stereocenters. The maximum Gasteiger partial charge on any atom is 0.299 e. The lowest BCUT2D eigenvalue weighted by atomic mass is 9.96. The Bertz CT molecular complexity index is 993. The number of hydrogen-bond donors (Lipinski definition) is 3. The predicted octanol–water partition coefficient (Wildman–Crippen LogP) is 2.90. The van der Waals surface area contributed by atoms with Gasteiger partial charge in [-0.05, 0) is 36.1 Å². The van der Waals surface area contributed by atoms with E-state index in [0.29, 0.717) is 12.0 Å². The second-order valence-corrected chi connectivity index (χ2v) is 8.22. The van der Waals surface area contributed by atoms with Crippen molar-refractivity contribution in [3.05, 3.63) is 42.0 Å². The number of unbranched alkanes of at least 4 members (excludes halogenated alkanes) is 1. The van der Waals surface area contributed by atoms with Gasteiger partial charge in [0.05, 0.1) is 0 Å². The molecule has 2 rings (SSSR count). The molecular formula is C16H18O7S2. The maximum atomic E-state index is 11.8. The van der Waals surface area contributed by atoms with Gasteiger partial charge < -0.3 is 5.11 Å². The van der Waals surface area contributed by atoms with Crippen molar-refractivity contribution in [1.29, 1.82) is 0 Å². The van der Waals surface area contributed by atoms with Crippen molar-refractivity contribution in [2.24, 2.45) is 0 Å². The molecule has 2 aromatic rings. The van der Waals surface area contributed by atoms with Crippen molar-refractivity contribution >= 4 is 20.2 Å². The van der Waals surface area contributed by atoms with Crippen LogP contribution in [0.5, 0.6) is 5.75 Å². The van der Waals surface area contributed by atoms with Crippen molar-refractivity contribution in [1.82, 2.24) is 0 Å². The number of aromatic hydroxyl groups is 1. The van der Waals surface area contributed by atoms with Crippen LogP contribution in [0.2, 0.25) is 0 Å². The highest BCUT2D eigenvalue weighted by atomic mass is 32.2. The van der Waals surface area contributed by atoms with Crippen LogP contribution < -0.4 is 0 Å². The quantitative estimate of drug-likeness (QED) is 0.651. The van der Waals surface area contributed by atoms with Crippen molar-refractivity contribution in [3.8, 4) is 16.9 Å². The number of aryl methyl sites for hydroxylation is 1. The summed E-state index contributed by atoms with van der Waals surface area (Å²) in [5.41, 5.74) is 1.04. The van der Waals surface area contributed by atoms with E-state index in [1.807, 2.05) is 6.92 Å². The summed E-state index contributed by atoms with van der Waals surface area (Å²) in [5.74, 6) is -0.968. The zero-order chi connectivity index (χ0) is 18.8. The van der Waals surface area contributed by atoms with Crippen LogP contribution in [0.15, 0.2) is 46.2 Å². The van der Waals surface area contributed by atoms with Gasteiger partial charge in [0.15, 0.2) is 4.90 Å². The van der Waals surface area contributed by atoms with Crippen LogP contribution in [0.4, 0.5) is 0 Å². The number of rotatable bonds is 6. The van der Waals surface area contributed by atoms with Gasteiger partial charge in [0.2, 0.25) is 0 Å². The lowest BCUT2D eigenvalue weighted by Gasteiger charge is -2.15. The third kappa shape index (κ3) is 4.18. The summed E-state index contributed by atoms with van der Waals surface area (Å²) in [6.07, 6.45) is 2.33. The first kappa shape index (κ1) is 19.4. The van der Waals surface area contributed by atoms with Gasteiger partial charge in [-0.1, -0.05) is 37.6 Å². The molecule has 0 saturated carbocycles. The van der Waals surface area contributed by atoms with Gasteiger partial charge in [0.25, 0.3) is 20.2 Å². The van der Waals surface area contributed by atoms with Gasteiger partial charge in [-0.25, -0.2) is 0 Å². The summed E-state index contributed by atoms with van der Waals surface area (Å²) in [4.78, 5) is -2.28. The lowest BCUT2D eigenvalue weighted by Crippen LogP contribution is -2.11. The minimum atomic E-state index is -5.10. The Kier molecular flexibility index (Phi) is 5.52. The summed E-state index contributed by atoms with van der Waals surface area (Å²) in [6.45, 7) is 1.99. The van der Waals surface area contributed by atoms with E-state index < -0.39 is 35.8 Å². The zero-order valence-corrected chi connectivity index (χ0v) is 15.0. The average Bonchev–Trinajstić information content (AvgIpc) is 2.51. The molecule has 0 radical (unpaired) electrons. The summed E-state index contributed by atoms with van der Waals surface area (Å²) in [5, 5.41) is 9.76. The Morgan fingerprint density at radius 1 is 0.840 bits per heavy atom. The molecule has 0 saturated heterocycles. The molecule has 136 valence electrons. The zero-order valence-electron chi connectivity index (χ0n) is 13.4. The Balaban J connectivity index is 2.90. The molecule has 0 aliphatic carbocycles. The predicted molar refractivity (Wildman–Crippen MR) is 91.8 cm³/mol. The summed E-state index contributed by atoms with van der Waals surface area (Å²) >= 11 is 0. The fourth-order valence-corrected chi connectivity index (χ4v) is 4.74. The van der Waals surface area contributed by atoms with E-state index in [-0.39, 0.29) is 5.56 Å². The fourth-order valence-electron chi connectivity index (χ4n) is 2.64. The van der Waals surface area contributed by atoms with Crippen LogP contribution in [0.25, 0.3) is 11.1 Å². The summed E-state index contributed by atoms with van der Waals surface area (Å²) in [6, 6.07) is 8.89. The maximum absolute atomic E-state index is 11.8. The highest BCUT2D eigenvalue weighted by Crippen LogP contribution is 2.39. The standard InChI is InChI=1S/C16H18O7S2/c1-2-3-6-11-7-4-5-8-12(11)13-9-10-14(17)16(25(21,22)23)15(13)24(18,19)20/h4-5,7-10,17H,2-3,6H2,1H3,(H,18,19,20)(H,21,22,23). The molecule has 3 N–H and O–H groups in total. The molecule has 0 bridgehead atoms. The van der Waals surface area contributed by atoms with Gasteiger partial charge in [-0.3, -0.25) is 9.11 Å². The minimum Gasteiger partial charge on any atom is -0.506 e. The highest BCUT2D eigenvalue weighted by molar-refractivity contribution is 7.89. The second-order valence-electron chi connectivity index (χ2n) is 5.50. The van der Waals surface area contributed by atoms with Gasteiger partial charge in [-0.2, -0.15) is 16.8 Å². The van der Waals surface area contributed by atoms with Crippen LogP contribution >= 0.6 is 0 Å². The molecule has 0 spiro atoms. The van der Waals surface area contributed by atoms with E-state index in [0.717, 1.165) is 24.5 Å². The van der Waals surface area contributed by atoms with Gasteiger partial charge in [-0.15, -0.1) is 0 Å². The normalized spacial score (nSPS) is 12.3. The van der Waals surface area contributed by atoms with Crippen molar-refractivity contribution in [2.45, 2.75) is 36.0 Å². The average molecular weight is 386 g/mol. The first-order valence-electron chi connectivity index (χ1n) is 7.46. The van der Waals surface area contributed by atoms with Crippen molar-refractivity contribution in [2.75, 3.05) is 0 Å². The molecule has 0 amide bonds. The third-order valence-electron chi connectivity index (χ3n) is 3.71. The van der Waals surface area contributed by atoms with E-state index in [1.54, 1.807) is 24.3 Å². The van der Waals surface area contributed by atoms with Crippen LogP contribution in [0, 0.1) is 0 Å². The molecule has 0 aliphatic heterocycles. The van der Waals surface area contributed by atoms with Crippen molar-refractivity contribution < 1.29 is 31.0 Å². The number of phenols is 1. The van der Waals surface area contributed by atoms with Crippen LogP contribution in [0.1, 0.15) is 25.3 Å². The second kappa shape index (κ2) is 7.12. The number of phenolic OH excluding ortho intramolecular Hbond substituents is 1. The summed E-state index contributed by atoms with van der Waals surface area (Å²) < 4.78 is 65.7. The molecule has 0 aromatic heterocycles. The SMILES string of the molecule is CCCCc1ccccc1-c1ccc(O)c(S(=O)(=O)O)c1S(=O)(=O)O. The number of hydrogen-bond acceptors (Lipinski definition) is 5. The Morgan fingerprint density at radius 3 is 2.00 bits per heavy atom. The van der Waals surface area contributed by atoms with E-state index in [4.69, 9.17) is 0 Å². The molecule has 9 heteroatoms. The molecule has 25 heavy (non-hydrogen) atoms. The molecular weight excluding hydrogens is 368 g/mol. The minimum absolute atomic E-state index is 0.111. The Labute approximate surface area is 146 Å². The van der Waals surface area contributed by atoms with E-state index in [1.165, 1.54) is 6.07 Å². The molecule has 2 aromatic carbocycles. The molecule has 0 heterocycles. The Hall–Kier alpha value is -1.94. The first-order valence-corrected chi connectivity index (χ1v) is 10.3. The monoisotopic (exact) mass is 386 g/mol. The van der Waals surface area contributed by atoms with E-state index >= 15 is 0 Å². The summed E-state index contributed by atoms with van der Waals surface area (Å²) in [7, 11) is -10.2. The fraction of sp³-hybridized carbons (Fsp3) is 0.250. The smallest absolute Gasteiger partial charge is 0.299 e. The van der Waals surface area contributed by atoms with E-state index in [9.17, 15) is 31.0 Å². The van der Waals surface area contributed by atoms with Crippen molar-refractivity contribution in [3.63, 3.8) is 0 Å².